The van der Waals surface area contributed by atoms with Crippen molar-refractivity contribution < 1.29 is 4.79 Å². The highest BCUT2D eigenvalue weighted by atomic mass is 32.2. The van der Waals surface area contributed by atoms with Crippen molar-refractivity contribution >= 4 is 44.9 Å². The third-order valence-electron chi connectivity index (χ3n) is 5.02. The normalized spacial score (nSPS) is 14.3. The lowest BCUT2D eigenvalue weighted by Gasteiger charge is -2.14. The van der Waals surface area contributed by atoms with Gasteiger partial charge in [-0.2, -0.15) is 5.26 Å². The molecular formula is C22H21N3OS2. The monoisotopic (exact) mass is 407 g/mol. The van der Waals surface area contributed by atoms with Gasteiger partial charge in [0.2, 0.25) is 5.91 Å². The van der Waals surface area contributed by atoms with Gasteiger partial charge < -0.3 is 5.32 Å². The van der Waals surface area contributed by atoms with E-state index in [1.807, 2.05) is 43.3 Å². The number of thiophene rings is 1. The molecule has 3 aromatic rings. The SMILES string of the molecule is CCC(Sc1ccc2ccccc2n1)C(=O)Nc1sc2c(c1C#N)CCCC2. The van der Waals surface area contributed by atoms with Crippen molar-refractivity contribution in [2.45, 2.75) is 49.3 Å². The van der Waals surface area contributed by atoms with Crippen molar-refractivity contribution in [1.29, 1.82) is 5.26 Å². The lowest BCUT2D eigenvalue weighted by molar-refractivity contribution is -0.115. The fourth-order valence-electron chi connectivity index (χ4n) is 3.55. The average molecular weight is 408 g/mol. The summed E-state index contributed by atoms with van der Waals surface area (Å²) in [5, 5.41) is 15.0. The Morgan fingerprint density at radius 2 is 2.11 bits per heavy atom. The predicted molar refractivity (Wildman–Crippen MR) is 116 cm³/mol. The maximum absolute atomic E-state index is 12.9. The van der Waals surface area contributed by atoms with E-state index in [9.17, 15) is 10.1 Å². The Morgan fingerprint density at radius 3 is 2.93 bits per heavy atom. The quantitative estimate of drug-likeness (QED) is 0.563. The number of aromatic nitrogens is 1. The van der Waals surface area contributed by atoms with Crippen LogP contribution < -0.4 is 5.32 Å². The number of nitriles is 1. The highest BCUT2D eigenvalue weighted by Crippen LogP contribution is 2.38. The van der Waals surface area contributed by atoms with E-state index in [1.165, 1.54) is 16.6 Å². The topological polar surface area (TPSA) is 65.8 Å². The summed E-state index contributed by atoms with van der Waals surface area (Å²) in [5.41, 5.74) is 2.74. The zero-order valence-corrected chi connectivity index (χ0v) is 17.3. The minimum atomic E-state index is -0.251. The lowest BCUT2D eigenvalue weighted by atomic mass is 9.96. The Morgan fingerprint density at radius 1 is 1.29 bits per heavy atom. The first kappa shape index (κ1) is 19.0. The average Bonchev–Trinajstić information content (AvgIpc) is 3.08. The minimum absolute atomic E-state index is 0.0578. The molecule has 0 aliphatic heterocycles. The van der Waals surface area contributed by atoms with Gasteiger partial charge in [0.1, 0.15) is 11.1 Å². The van der Waals surface area contributed by atoms with E-state index in [1.54, 1.807) is 11.3 Å². The Labute approximate surface area is 173 Å². The van der Waals surface area contributed by atoms with E-state index >= 15 is 0 Å². The summed E-state index contributed by atoms with van der Waals surface area (Å²) in [6, 6.07) is 14.3. The summed E-state index contributed by atoms with van der Waals surface area (Å²) in [5.74, 6) is -0.0578. The molecule has 4 nitrogen and oxygen atoms in total. The number of amides is 1. The molecule has 6 heteroatoms. The van der Waals surface area contributed by atoms with Gasteiger partial charge in [0, 0.05) is 10.3 Å². The number of nitrogens with one attached hydrogen (secondary N) is 1. The predicted octanol–water partition coefficient (Wildman–Crippen LogP) is 5.56. The molecule has 1 unspecified atom stereocenters. The number of fused-ring (bicyclic) bond motifs is 2. The van der Waals surface area contributed by atoms with Crippen LogP contribution in [0.25, 0.3) is 10.9 Å². The molecule has 1 N–H and O–H groups in total. The molecule has 0 radical (unpaired) electrons. The van der Waals surface area contributed by atoms with Crippen molar-refractivity contribution in [3.63, 3.8) is 0 Å². The largest absolute Gasteiger partial charge is 0.316 e. The summed E-state index contributed by atoms with van der Waals surface area (Å²) in [7, 11) is 0. The molecule has 1 aliphatic carbocycles. The highest BCUT2D eigenvalue weighted by molar-refractivity contribution is 8.00. The van der Waals surface area contributed by atoms with E-state index in [2.05, 4.69) is 16.4 Å². The molecule has 0 fully saturated rings. The van der Waals surface area contributed by atoms with Crippen LogP contribution in [0.4, 0.5) is 5.00 Å². The number of hydrogen-bond acceptors (Lipinski definition) is 5. The van der Waals surface area contributed by atoms with Crippen LogP contribution in [0.15, 0.2) is 41.4 Å². The summed E-state index contributed by atoms with van der Waals surface area (Å²) in [6.07, 6.45) is 4.92. The zero-order valence-electron chi connectivity index (χ0n) is 15.7. The summed E-state index contributed by atoms with van der Waals surface area (Å²) >= 11 is 3.05. The molecule has 4 rings (SSSR count). The number of hydrogen-bond donors (Lipinski definition) is 1. The van der Waals surface area contributed by atoms with Gasteiger partial charge in [-0.1, -0.05) is 43.0 Å². The molecule has 0 spiro atoms. The first-order valence-corrected chi connectivity index (χ1v) is 11.3. The van der Waals surface area contributed by atoms with Crippen LogP contribution in [0, 0.1) is 11.3 Å². The maximum atomic E-state index is 12.9. The van der Waals surface area contributed by atoms with Crippen molar-refractivity contribution in [1.82, 2.24) is 4.98 Å². The maximum Gasteiger partial charge on any atom is 0.238 e. The highest BCUT2D eigenvalue weighted by Gasteiger charge is 2.25. The van der Waals surface area contributed by atoms with E-state index in [-0.39, 0.29) is 11.2 Å². The number of rotatable bonds is 5. The number of thioether (sulfide) groups is 1. The van der Waals surface area contributed by atoms with Crippen molar-refractivity contribution in [2.75, 3.05) is 5.32 Å². The van der Waals surface area contributed by atoms with Gasteiger partial charge in [-0.05, 0) is 49.8 Å². The number of carbonyl (C=O) groups is 1. The molecule has 28 heavy (non-hydrogen) atoms. The van der Waals surface area contributed by atoms with E-state index in [0.29, 0.717) is 17.0 Å². The Balaban J connectivity index is 1.53. The third-order valence-corrected chi connectivity index (χ3v) is 7.53. The van der Waals surface area contributed by atoms with Gasteiger partial charge in [0.15, 0.2) is 0 Å². The van der Waals surface area contributed by atoms with E-state index in [0.717, 1.165) is 47.2 Å². The van der Waals surface area contributed by atoms with Crippen LogP contribution in [0.2, 0.25) is 0 Å². The van der Waals surface area contributed by atoms with Crippen LogP contribution >= 0.6 is 23.1 Å². The van der Waals surface area contributed by atoms with Crippen molar-refractivity contribution in [2.24, 2.45) is 0 Å². The first-order valence-electron chi connectivity index (χ1n) is 9.57. The molecule has 1 amide bonds. The van der Waals surface area contributed by atoms with Crippen molar-refractivity contribution in [3.8, 4) is 6.07 Å². The molecule has 2 heterocycles. The number of pyridine rings is 1. The molecule has 142 valence electrons. The Hall–Kier alpha value is -2.36. The summed E-state index contributed by atoms with van der Waals surface area (Å²) in [6.45, 7) is 2.00. The second kappa shape index (κ2) is 8.34. The second-order valence-electron chi connectivity index (χ2n) is 6.87. The Kier molecular flexibility index (Phi) is 5.65. The number of para-hydroxylation sites is 1. The number of carbonyl (C=O) groups excluding carboxylic acids is 1. The number of nitrogens with zero attached hydrogens (tertiary/aromatic N) is 2. The fourth-order valence-corrected chi connectivity index (χ4v) is 5.71. The van der Waals surface area contributed by atoms with Crippen LogP contribution in [-0.2, 0) is 17.6 Å². The molecule has 1 atom stereocenters. The van der Waals surface area contributed by atoms with Gasteiger partial charge >= 0.3 is 0 Å². The first-order chi connectivity index (χ1) is 13.7. The minimum Gasteiger partial charge on any atom is -0.316 e. The van der Waals surface area contributed by atoms with Gasteiger partial charge in [-0.15, -0.1) is 11.3 Å². The molecule has 0 saturated carbocycles. The molecule has 1 aromatic carbocycles. The molecule has 0 saturated heterocycles. The van der Waals surface area contributed by atoms with Crippen molar-refractivity contribution in [3.05, 3.63) is 52.4 Å². The second-order valence-corrected chi connectivity index (χ2v) is 9.20. The van der Waals surface area contributed by atoms with Crippen LogP contribution in [0.3, 0.4) is 0 Å². The Bertz CT molecular complexity index is 1070. The molecule has 0 bridgehead atoms. The van der Waals surface area contributed by atoms with E-state index in [4.69, 9.17) is 0 Å². The fraction of sp³-hybridized carbons (Fsp3) is 0.318. The van der Waals surface area contributed by atoms with Crippen LogP contribution in [0.1, 0.15) is 42.2 Å². The molecule has 2 aromatic heterocycles. The number of aryl methyl sites for hydroxylation is 1. The van der Waals surface area contributed by atoms with Crippen LogP contribution in [-0.4, -0.2) is 16.1 Å². The van der Waals surface area contributed by atoms with E-state index < -0.39 is 0 Å². The lowest BCUT2D eigenvalue weighted by Crippen LogP contribution is -2.24. The van der Waals surface area contributed by atoms with Gasteiger partial charge in [0.05, 0.1) is 21.4 Å². The van der Waals surface area contributed by atoms with Gasteiger partial charge in [-0.25, -0.2) is 4.98 Å². The smallest absolute Gasteiger partial charge is 0.238 e. The molecule has 1 aliphatic rings. The third kappa shape index (κ3) is 3.78. The van der Waals surface area contributed by atoms with Crippen LogP contribution in [0.5, 0.6) is 0 Å². The summed E-state index contributed by atoms with van der Waals surface area (Å²) in [4.78, 5) is 18.9. The van der Waals surface area contributed by atoms with Gasteiger partial charge in [0.25, 0.3) is 0 Å². The number of benzene rings is 1. The summed E-state index contributed by atoms with van der Waals surface area (Å²) < 4.78 is 0. The standard InChI is InChI=1S/C22H21N3OS2/c1-2-18(27-20-12-11-14-7-3-5-9-17(14)24-20)21(26)25-22-16(13-23)15-8-4-6-10-19(15)28-22/h3,5,7,9,11-12,18H,2,4,6,8,10H2,1H3,(H,25,26). The zero-order chi connectivity index (χ0) is 19.5. The molecular weight excluding hydrogens is 386 g/mol. The number of anilines is 1. The van der Waals surface area contributed by atoms with Gasteiger partial charge in [-0.3, -0.25) is 4.79 Å².